The van der Waals surface area contributed by atoms with Gasteiger partial charge in [0.05, 0.1) is 18.2 Å². The van der Waals surface area contributed by atoms with E-state index in [4.69, 9.17) is 5.73 Å². The van der Waals surface area contributed by atoms with E-state index in [1.54, 1.807) is 11.3 Å². The Morgan fingerprint density at radius 3 is 2.95 bits per heavy atom. The Kier molecular flexibility index (Phi) is 5.09. The number of nitrogens with one attached hydrogen (secondary N) is 1. The molecule has 1 aromatic carbocycles. The fourth-order valence-electron chi connectivity index (χ4n) is 1.84. The third-order valence-electron chi connectivity index (χ3n) is 2.94. The molecule has 5 heteroatoms. The Balaban J connectivity index is 2.24. The third-order valence-corrected chi connectivity index (χ3v) is 3.64. The van der Waals surface area contributed by atoms with Gasteiger partial charge in [0.2, 0.25) is 0 Å². The van der Waals surface area contributed by atoms with Crippen LogP contribution in [0, 0.1) is 17.7 Å². The average molecular weight is 302 g/mol. The molecular weight excluding hydrogens is 287 g/mol. The van der Waals surface area contributed by atoms with Gasteiger partial charge in [0.25, 0.3) is 5.91 Å². The number of hydrogen-bond acceptors (Lipinski definition) is 3. The fourth-order valence-corrected chi connectivity index (χ4v) is 2.59. The van der Waals surface area contributed by atoms with Crippen LogP contribution in [0.5, 0.6) is 0 Å². The van der Waals surface area contributed by atoms with E-state index >= 15 is 0 Å². The molecule has 2 rings (SSSR count). The first-order valence-electron chi connectivity index (χ1n) is 6.43. The molecular formula is C16H15FN2OS. The normalized spacial score (nSPS) is 11.4. The summed E-state index contributed by atoms with van der Waals surface area (Å²) in [5.74, 6) is 4.64. The molecule has 0 spiro atoms. The van der Waals surface area contributed by atoms with Crippen LogP contribution in [-0.4, -0.2) is 12.5 Å². The monoisotopic (exact) mass is 302 g/mol. The van der Waals surface area contributed by atoms with Gasteiger partial charge in [-0.15, -0.1) is 0 Å². The van der Waals surface area contributed by atoms with Crippen molar-refractivity contribution < 1.29 is 9.18 Å². The highest BCUT2D eigenvalue weighted by atomic mass is 32.1. The predicted molar refractivity (Wildman–Crippen MR) is 82.5 cm³/mol. The van der Waals surface area contributed by atoms with Crippen LogP contribution in [0.15, 0.2) is 35.0 Å². The van der Waals surface area contributed by atoms with Crippen molar-refractivity contribution in [1.29, 1.82) is 0 Å². The molecule has 0 radical (unpaired) electrons. The number of carbonyl (C=O) groups excluding carboxylic acids is 1. The zero-order chi connectivity index (χ0) is 15.2. The molecule has 0 aliphatic heterocycles. The summed E-state index contributed by atoms with van der Waals surface area (Å²) in [4.78, 5) is 12.3. The van der Waals surface area contributed by atoms with Crippen LogP contribution in [-0.2, 0) is 0 Å². The molecule has 0 saturated carbocycles. The molecule has 1 amide bonds. The molecule has 108 valence electrons. The molecule has 1 unspecified atom stereocenters. The van der Waals surface area contributed by atoms with E-state index < -0.39 is 5.82 Å². The molecule has 1 atom stereocenters. The summed E-state index contributed by atoms with van der Waals surface area (Å²) in [6, 6.07) is 5.75. The molecule has 3 nitrogen and oxygen atoms in total. The lowest BCUT2D eigenvalue weighted by atomic mass is 10.1. The number of rotatable bonds is 3. The van der Waals surface area contributed by atoms with Crippen molar-refractivity contribution in [3.8, 4) is 11.8 Å². The summed E-state index contributed by atoms with van der Waals surface area (Å²) in [5.41, 5.74) is 7.03. The van der Waals surface area contributed by atoms with Gasteiger partial charge >= 0.3 is 0 Å². The van der Waals surface area contributed by atoms with Gasteiger partial charge < -0.3 is 11.1 Å². The first kappa shape index (κ1) is 15.2. The van der Waals surface area contributed by atoms with Gasteiger partial charge in [0.1, 0.15) is 5.82 Å². The summed E-state index contributed by atoms with van der Waals surface area (Å²) in [5, 5.41) is 6.75. The minimum atomic E-state index is -0.471. The van der Waals surface area contributed by atoms with Gasteiger partial charge in [-0.1, -0.05) is 11.8 Å². The lowest BCUT2D eigenvalue weighted by molar-refractivity contribution is 0.0939. The predicted octanol–water partition coefficient (Wildman–Crippen LogP) is 2.69. The van der Waals surface area contributed by atoms with E-state index in [1.807, 2.05) is 23.8 Å². The van der Waals surface area contributed by atoms with Crippen molar-refractivity contribution in [1.82, 2.24) is 5.32 Å². The summed E-state index contributed by atoms with van der Waals surface area (Å²) < 4.78 is 13.4. The van der Waals surface area contributed by atoms with Gasteiger partial charge in [-0.3, -0.25) is 4.79 Å². The SMILES string of the molecule is CC(NC(=O)c1cc(F)ccc1C#CCN)c1ccsc1. The summed E-state index contributed by atoms with van der Waals surface area (Å²) in [7, 11) is 0. The zero-order valence-electron chi connectivity index (χ0n) is 11.5. The molecule has 21 heavy (non-hydrogen) atoms. The lowest BCUT2D eigenvalue weighted by Gasteiger charge is -2.13. The highest BCUT2D eigenvalue weighted by Crippen LogP contribution is 2.17. The van der Waals surface area contributed by atoms with E-state index in [0.717, 1.165) is 5.56 Å². The van der Waals surface area contributed by atoms with Crippen molar-refractivity contribution in [3.63, 3.8) is 0 Å². The van der Waals surface area contributed by atoms with Crippen molar-refractivity contribution in [2.75, 3.05) is 6.54 Å². The van der Waals surface area contributed by atoms with E-state index in [-0.39, 0.29) is 24.1 Å². The standard InChI is InChI=1S/C16H15FN2OS/c1-11(13-6-8-21-10-13)19-16(20)15-9-14(17)5-4-12(15)3-2-7-18/h4-6,8-11H,7,18H2,1H3,(H,19,20). The van der Waals surface area contributed by atoms with Gasteiger partial charge in [0, 0.05) is 5.56 Å². The number of amides is 1. The smallest absolute Gasteiger partial charge is 0.253 e. The molecule has 1 heterocycles. The highest BCUT2D eigenvalue weighted by molar-refractivity contribution is 7.07. The number of carbonyl (C=O) groups is 1. The molecule has 0 aliphatic rings. The Labute approximate surface area is 127 Å². The summed E-state index contributed by atoms with van der Waals surface area (Å²) in [6.45, 7) is 2.06. The molecule has 0 bridgehead atoms. The van der Waals surface area contributed by atoms with E-state index in [1.165, 1.54) is 18.2 Å². The van der Waals surface area contributed by atoms with Crippen LogP contribution < -0.4 is 11.1 Å². The lowest BCUT2D eigenvalue weighted by Crippen LogP contribution is -2.27. The molecule has 0 saturated heterocycles. The molecule has 3 N–H and O–H groups in total. The van der Waals surface area contributed by atoms with Crippen LogP contribution in [0.4, 0.5) is 4.39 Å². The van der Waals surface area contributed by atoms with Gasteiger partial charge in [-0.05, 0) is 47.5 Å². The molecule has 1 aromatic heterocycles. The number of benzene rings is 1. The number of halogens is 1. The zero-order valence-corrected chi connectivity index (χ0v) is 12.3. The Morgan fingerprint density at radius 2 is 2.29 bits per heavy atom. The maximum atomic E-state index is 13.4. The fraction of sp³-hybridized carbons (Fsp3) is 0.188. The van der Waals surface area contributed by atoms with Crippen LogP contribution in [0.3, 0.4) is 0 Å². The maximum absolute atomic E-state index is 13.4. The quantitative estimate of drug-likeness (QED) is 0.857. The van der Waals surface area contributed by atoms with E-state index in [9.17, 15) is 9.18 Å². The molecule has 0 fully saturated rings. The third kappa shape index (κ3) is 3.91. The minimum Gasteiger partial charge on any atom is -0.345 e. The maximum Gasteiger partial charge on any atom is 0.253 e. The van der Waals surface area contributed by atoms with Crippen LogP contribution in [0.2, 0.25) is 0 Å². The number of hydrogen-bond donors (Lipinski definition) is 2. The van der Waals surface area contributed by atoms with E-state index in [2.05, 4.69) is 17.2 Å². The first-order valence-corrected chi connectivity index (χ1v) is 7.37. The second kappa shape index (κ2) is 7.02. The Bertz CT molecular complexity index is 686. The Morgan fingerprint density at radius 1 is 1.48 bits per heavy atom. The van der Waals surface area contributed by atoms with Gasteiger partial charge in [-0.2, -0.15) is 11.3 Å². The van der Waals surface area contributed by atoms with Crippen molar-refractivity contribution >= 4 is 17.2 Å². The van der Waals surface area contributed by atoms with Crippen LogP contribution in [0.1, 0.15) is 34.5 Å². The summed E-state index contributed by atoms with van der Waals surface area (Å²) in [6.07, 6.45) is 0. The van der Waals surface area contributed by atoms with Gasteiger partial charge in [-0.25, -0.2) is 4.39 Å². The minimum absolute atomic E-state index is 0.151. The Hall–Kier alpha value is -2.16. The highest BCUT2D eigenvalue weighted by Gasteiger charge is 2.15. The van der Waals surface area contributed by atoms with Crippen molar-refractivity contribution in [3.05, 3.63) is 57.5 Å². The largest absolute Gasteiger partial charge is 0.345 e. The second-order valence-electron chi connectivity index (χ2n) is 4.45. The first-order chi connectivity index (χ1) is 10.1. The van der Waals surface area contributed by atoms with Crippen LogP contribution in [0.25, 0.3) is 0 Å². The number of thiophene rings is 1. The average Bonchev–Trinajstić information content (AvgIpc) is 3.00. The number of nitrogens with two attached hydrogens (primary N) is 1. The topological polar surface area (TPSA) is 55.1 Å². The summed E-state index contributed by atoms with van der Waals surface area (Å²) >= 11 is 1.56. The van der Waals surface area contributed by atoms with Crippen LogP contribution >= 0.6 is 11.3 Å². The van der Waals surface area contributed by atoms with E-state index in [0.29, 0.717) is 5.56 Å². The molecule has 2 aromatic rings. The molecule has 0 aliphatic carbocycles. The van der Waals surface area contributed by atoms with Crippen molar-refractivity contribution in [2.45, 2.75) is 13.0 Å². The van der Waals surface area contributed by atoms with Gasteiger partial charge in [0.15, 0.2) is 0 Å². The van der Waals surface area contributed by atoms with Crippen molar-refractivity contribution in [2.24, 2.45) is 5.73 Å². The second-order valence-corrected chi connectivity index (χ2v) is 5.23.